The Hall–Kier alpha value is -3.75. The number of carbonyl (C=O) groups excluding carboxylic acids is 3. The highest BCUT2D eigenvalue weighted by Gasteiger charge is 2.74. The number of hydrogen-bond acceptors (Lipinski definition) is 5. The molecule has 0 bridgehead atoms. The predicted molar refractivity (Wildman–Crippen MR) is 164 cm³/mol. The molecule has 3 amide bonds. The van der Waals surface area contributed by atoms with E-state index in [2.05, 4.69) is 0 Å². The number of unbranched alkanes of at least 4 members (excludes halogenated alkanes) is 2. The predicted octanol–water partition coefficient (Wildman–Crippen LogP) is 3.94. The number of fused-ring (bicyclic) bond motifs is 2. The first kappa shape index (κ1) is 29.3. The van der Waals surface area contributed by atoms with Crippen LogP contribution >= 0.6 is 0 Å². The fourth-order valence-corrected chi connectivity index (χ4v) is 7.76. The van der Waals surface area contributed by atoms with E-state index < -0.39 is 29.1 Å². The molecule has 4 heterocycles. The van der Waals surface area contributed by atoms with Crippen LogP contribution in [0.4, 0.5) is 5.69 Å². The SMILES string of the molecule is Cc1cccc(C)c1N1CC=C[C@]23O[C@@]4(C)C=CCN(Cc5ccccc5)C(=O)[C@H]4[C@H]2C(=O)N(CCCCCO)C3C1=O. The second kappa shape index (κ2) is 11.4. The van der Waals surface area contributed by atoms with Gasteiger partial charge >= 0.3 is 0 Å². The Morgan fingerprint density at radius 1 is 0.837 bits per heavy atom. The Labute approximate surface area is 253 Å². The molecular weight excluding hydrogens is 542 g/mol. The molecular formula is C35H41N3O5. The van der Waals surface area contributed by atoms with E-state index in [4.69, 9.17) is 4.74 Å². The van der Waals surface area contributed by atoms with Crippen molar-refractivity contribution in [3.63, 3.8) is 0 Å². The van der Waals surface area contributed by atoms with Crippen molar-refractivity contribution in [2.45, 2.75) is 63.8 Å². The second-order valence-electron chi connectivity index (χ2n) is 12.5. The lowest BCUT2D eigenvalue weighted by molar-refractivity contribution is -0.148. The topological polar surface area (TPSA) is 90.4 Å². The van der Waals surface area contributed by atoms with Crippen LogP contribution < -0.4 is 4.90 Å². The molecule has 5 atom stereocenters. The van der Waals surface area contributed by atoms with Crippen molar-refractivity contribution in [2.24, 2.45) is 11.8 Å². The molecule has 1 spiro atoms. The highest BCUT2D eigenvalue weighted by molar-refractivity contribution is 6.06. The fraction of sp³-hybridized carbons (Fsp3) is 0.457. The van der Waals surface area contributed by atoms with E-state index in [1.54, 1.807) is 14.7 Å². The van der Waals surface area contributed by atoms with Gasteiger partial charge in [0.25, 0.3) is 5.91 Å². The Balaban J connectivity index is 1.42. The fourth-order valence-electron chi connectivity index (χ4n) is 7.76. The summed E-state index contributed by atoms with van der Waals surface area (Å²) in [5.41, 5.74) is 1.47. The summed E-state index contributed by atoms with van der Waals surface area (Å²) in [5.74, 6) is -2.17. The summed E-state index contributed by atoms with van der Waals surface area (Å²) >= 11 is 0. The van der Waals surface area contributed by atoms with E-state index in [1.807, 2.05) is 93.6 Å². The zero-order valence-electron chi connectivity index (χ0n) is 25.2. The molecule has 8 nitrogen and oxygen atoms in total. The first-order valence-electron chi connectivity index (χ1n) is 15.4. The lowest BCUT2D eigenvalue weighted by atomic mass is 9.74. The number of anilines is 1. The van der Waals surface area contributed by atoms with Gasteiger partial charge in [0.05, 0.1) is 17.4 Å². The van der Waals surface area contributed by atoms with Crippen LogP contribution in [0.25, 0.3) is 0 Å². The molecule has 6 rings (SSSR count). The molecule has 1 unspecified atom stereocenters. The molecule has 2 fully saturated rings. The lowest BCUT2D eigenvalue weighted by Crippen LogP contribution is -2.56. The minimum absolute atomic E-state index is 0.0770. The van der Waals surface area contributed by atoms with Gasteiger partial charge in [-0.3, -0.25) is 14.4 Å². The van der Waals surface area contributed by atoms with Crippen LogP contribution in [0.1, 0.15) is 42.9 Å². The highest BCUT2D eigenvalue weighted by Crippen LogP contribution is 2.57. The van der Waals surface area contributed by atoms with Gasteiger partial charge in [-0.05, 0) is 56.7 Å². The molecule has 0 saturated carbocycles. The standard InChI is InChI=1S/C35H41N3O5/c1-24-13-10-14-25(2)29(24)37-21-12-18-35-28(32(41)38(30(35)33(37)42)20-8-5-9-22-39)27-31(40)36(19-11-17-34(27,3)43-35)23-26-15-6-4-7-16-26/h4,6-7,10-18,27-28,30,39H,5,8-9,19-23H2,1-3H3/t27-,28+,30?,34+,35+/m1/s1. The Morgan fingerprint density at radius 2 is 1.56 bits per heavy atom. The number of ether oxygens (including phenoxy) is 1. The number of carbonyl (C=O) groups is 3. The highest BCUT2D eigenvalue weighted by atomic mass is 16.5. The van der Waals surface area contributed by atoms with Crippen LogP contribution in [0, 0.1) is 25.7 Å². The third-order valence-electron chi connectivity index (χ3n) is 9.62. The van der Waals surface area contributed by atoms with Crippen molar-refractivity contribution in [2.75, 3.05) is 31.1 Å². The van der Waals surface area contributed by atoms with Gasteiger partial charge in [0.2, 0.25) is 11.8 Å². The van der Waals surface area contributed by atoms with Gasteiger partial charge in [0, 0.05) is 38.5 Å². The maximum Gasteiger partial charge on any atom is 0.253 e. The Bertz CT molecular complexity index is 1450. The van der Waals surface area contributed by atoms with Crippen molar-refractivity contribution in [1.82, 2.24) is 9.80 Å². The molecule has 4 aliphatic rings. The zero-order chi connectivity index (χ0) is 30.4. The molecule has 2 aromatic carbocycles. The summed E-state index contributed by atoms with van der Waals surface area (Å²) in [6.07, 6.45) is 9.71. The first-order valence-corrected chi connectivity index (χ1v) is 15.4. The van der Waals surface area contributed by atoms with Gasteiger partial charge in [-0.25, -0.2) is 0 Å². The van der Waals surface area contributed by atoms with Crippen molar-refractivity contribution in [1.29, 1.82) is 0 Å². The Morgan fingerprint density at radius 3 is 2.28 bits per heavy atom. The number of aliphatic hydroxyl groups excluding tert-OH is 1. The van der Waals surface area contributed by atoms with E-state index >= 15 is 0 Å². The summed E-state index contributed by atoms with van der Waals surface area (Å²) in [6, 6.07) is 14.9. The monoisotopic (exact) mass is 583 g/mol. The van der Waals surface area contributed by atoms with Crippen molar-refractivity contribution < 1.29 is 24.2 Å². The number of amides is 3. The van der Waals surface area contributed by atoms with Crippen molar-refractivity contribution >= 4 is 23.4 Å². The van der Waals surface area contributed by atoms with E-state index in [9.17, 15) is 19.5 Å². The van der Waals surface area contributed by atoms with E-state index in [0.717, 1.165) is 28.8 Å². The minimum Gasteiger partial charge on any atom is -0.396 e. The average molecular weight is 584 g/mol. The number of para-hydroxylation sites is 1. The van der Waals surface area contributed by atoms with Gasteiger partial charge in [-0.15, -0.1) is 0 Å². The van der Waals surface area contributed by atoms with Gasteiger partial charge in [0.15, 0.2) is 0 Å². The number of hydrogen-bond donors (Lipinski definition) is 1. The largest absolute Gasteiger partial charge is 0.396 e. The summed E-state index contributed by atoms with van der Waals surface area (Å²) < 4.78 is 6.97. The number of aliphatic hydroxyl groups is 1. The summed E-state index contributed by atoms with van der Waals surface area (Å²) in [7, 11) is 0. The molecule has 2 aromatic rings. The lowest BCUT2D eigenvalue weighted by Gasteiger charge is -2.38. The first-order chi connectivity index (χ1) is 20.7. The number of rotatable bonds is 8. The van der Waals surface area contributed by atoms with Crippen LogP contribution in [-0.2, 0) is 25.7 Å². The molecule has 1 N–H and O–H groups in total. The molecule has 4 aliphatic heterocycles. The maximum absolute atomic E-state index is 14.7. The molecule has 226 valence electrons. The molecule has 0 radical (unpaired) electrons. The second-order valence-corrected chi connectivity index (χ2v) is 12.5. The van der Waals surface area contributed by atoms with Crippen LogP contribution in [0.2, 0.25) is 0 Å². The minimum atomic E-state index is -1.29. The summed E-state index contributed by atoms with van der Waals surface area (Å²) in [5, 5.41) is 9.35. The van der Waals surface area contributed by atoms with Gasteiger partial charge < -0.3 is 24.5 Å². The van der Waals surface area contributed by atoms with Crippen LogP contribution in [0.15, 0.2) is 72.8 Å². The van der Waals surface area contributed by atoms with Crippen molar-refractivity contribution in [3.8, 4) is 0 Å². The van der Waals surface area contributed by atoms with E-state index in [1.165, 1.54) is 0 Å². The van der Waals surface area contributed by atoms with Crippen molar-refractivity contribution in [3.05, 3.63) is 89.5 Å². The zero-order valence-corrected chi connectivity index (χ0v) is 25.2. The smallest absolute Gasteiger partial charge is 0.253 e. The summed E-state index contributed by atoms with van der Waals surface area (Å²) in [6.45, 7) is 7.48. The quantitative estimate of drug-likeness (QED) is 0.376. The third kappa shape index (κ3) is 4.81. The average Bonchev–Trinajstić information content (AvgIpc) is 3.25. The normalized spacial score (nSPS) is 29.9. The van der Waals surface area contributed by atoms with Gasteiger partial charge in [-0.2, -0.15) is 0 Å². The molecule has 0 aromatic heterocycles. The number of likely N-dealkylation sites (tertiary alicyclic amines) is 1. The van der Waals surface area contributed by atoms with Crippen LogP contribution in [0.3, 0.4) is 0 Å². The van der Waals surface area contributed by atoms with E-state index in [-0.39, 0.29) is 24.3 Å². The maximum atomic E-state index is 14.7. The third-order valence-corrected chi connectivity index (χ3v) is 9.62. The molecule has 2 saturated heterocycles. The van der Waals surface area contributed by atoms with Crippen LogP contribution in [0.5, 0.6) is 0 Å². The van der Waals surface area contributed by atoms with Crippen LogP contribution in [-0.4, -0.2) is 76.1 Å². The molecule has 8 heteroatoms. The number of nitrogens with zero attached hydrogens (tertiary/aromatic N) is 3. The Kier molecular flexibility index (Phi) is 7.77. The molecule has 0 aliphatic carbocycles. The number of benzene rings is 2. The van der Waals surface area contributed by atoms with Gasteiger partial charge in [-0.1, -0.05) is 72.8 Å². The number of aryl methyl sites for hydroxylation is 2. The van der Waals surface area contributed by atoms with E-state index in [0.29, 0.717) is 39.0 Å². The summed E-state index contributed by atoms with van der Waals surface area (Å²) in [4.78, 5) is 49.0. The van der Waals surface area contributed by atoms with Gasteiger partial charge in [0.1, 0.15) is 11.6 Å². The molecule has 43 heavy (non-hydrogen) atoms.